The number of rotatable bonds is 16. The lowest BCUT2D eigenvalue weighted by Crippen LogP contribution is -2.57. The number of carbonyl (C=O) groups is 1. The van der Waals surface area contributed by atoms with Gasteiger partial charge in [0.1, 0.15) is 5.01 Å². The highest BCUT2D eigenvalue weighted by molar-refractivity contribution is 7.96. The lowest BCUT2D eigenvalue weighted by atomic mass is 9.91. The Kier molecular flexibility index (Phi) is 20.8. The number of carboxylic acids is 1. The first-order valence-electron chi connectivity index (χ1n) is 16.9. The molecule has 47 heavy (non-hydrogen) atoms. The fourth-order valence-corrected chi connectivity index (χ4v) is 6.14. The lowest BCUT2D eigenvalue weighted by Gasteiger charge is -2.45. The van der Waals surface area contributed by atoms with Crippen LogP contribution < -0.4 is 5.32 Å². The molecule has 1 atom stereocenters. The summed E-state index contributed by atoms with van der Waals surface area (Å²) in [6.07, 6.45) is 7.92. The van der Waals surface area contributed by atoms with E-state index in [1.165, 1.54) is 28.0 Å². The van der Waals surface area contributed by atoms with Crippen LogP contribution in [0.1, 0.15) is 83.4 Å². The van der Waals surface area contributed by atoms with Crippen LogP contribution in [-0.4, -0.2) is 88.7 Å². The Morgan fingerprint density at radius 3 is 2.28 bits per heavy atom. The van der Waals surface area contributed by atoms with E-state index >= 15 is 0 Å². The lowest BCUT2D eigenvalue weighted by molar-refractivity contribution is -0.147. The summed E-state index contributed by atoms with van der Waals surface area (Å²) in [5, 5.41) is 17.8. The number of benzene rings is 1. The fraction of sp³-hybridized carbons (Fsp3) is 0.595. The molecule has 2 N–H and O–H groups in total. The maximum Gasteiger partial charge on any atom is 0.309 e. The Bertz CT molecular complexity index is 1210. The summed E-state index contributed by atoms with van der Waals surface area (Å²) in [7, 11) is 0. The summed E-state index contributed by atoms with van der Waals surface area (Å²) in [5.74, 6) is -0.722. The third-order valence-corrected chi connectivity index (χ3v) is 10.3. The van der Waals surface area contributed by atoms with Crippen molar-refractivity contribution in [2.75, 3.05) is 45.5 Å². The second kappa shape index (κ2) is 23.0. The number of hydrogen-bond donors (Lipinski definition) is 2. The zero-order valence-corrected chi connectivity index (χ0v) is 32.3. The topological polar surface area (TPSA) is 84.3 Å². The second-order valence-corrected chi connectivity index (χ2v) is 14.2. The van der Waals surface area contributed by atoms with Crippen LogP contribution in [0.3, 0.4) is 0 Å². The molecule has 264 valence electrons. The van der Waals surface area contributed by atoms with Gasteiger partial charge in [0.25, 0.3) is 0 Å². The summed E-state index contributed by atoms with van der Waals surface area (Å²) >= 11 is 3.51. The maximum absolute atomic E-state index is 10.3. The van der Waals surface area contributed by atoms with Gasteiger partial charge in [-0.05, 0) is 82.2 Å². The Balaban J connectivity index is 0.000000560. The van der Waals surface area contributed by atoms with Crippen LogP contribution >= 0.6 is 23.3 Å². The summed E-state index contributed by atoms with van der Waals surface area (Å²) in [6, 6.07) is 8.89. The van der Waals surface area contributed by atoms with Gasteiger partial charge in [0, 0.05) is 56.0 Å². The van der Waals surface area contributed by atoms with Crippen LogP contribution in [0.4, 0.5) is 0 Å². The van der Waals surface area contributed by atoms with Gasteiger partial charge in [0.05, 0.1) is 18.5 Å². The van der Waals surface area contributed by atoms with E-state index in [1.807, 2.05) is 30.4 Å². The van der Waals surface area contributed by atoms with Crippen LogP contribution in [0.5, 0.6) is 0 Å². The fourth-order valence-electron chi connectivity index (χ4n) is 4.91. The minimum Gasteiger partial charge on any atom is -0.481 e. The van der Waals surface area contributed by atoms with Crippen molar-refractivity contribution < 1.29 is 9.90 Å². The largest absolute Gasteiger partial charge is 0.481 e. The highest BCUT2D eigenvalue weighted by atomic mass is 32.2. The summed E-state index contributed by atoms with van der Waals surface area (Å²) < 4.78 is 2.40. The highest BCUT2D eigenvalue weighted by Gasteiger charge is 2.30. The Morgan fingerprint density at radius 1 is 1.19 bits per heavy atom. The molecule has 1 fully saturated rings. The van der Waals surface area contributed by atoms with Gasteiger partial charge < -0.3 is 10.4 Å². The number of aromatic nitrogens is 1. The van der Waals surface area contributed by atoms with Crippen molar-refractivity contribution in [1.82, 2.24) is 24.6 Å². The number of hydrogen-bond acceptors (Lipinski definition) is 9. The first-order chi connectivity index (χ1) is 22.4. The number of aliphatic carboxylic acids is 1. The van der Waals surface area contributed by atoms with E-state index in [2.05, 4.69) is 108 Å². The molecule has 0 spiro atoms. The molecule has 8 nitrogen and oxygen atoms in total. The molecular weight excluding hydrogens is 625 g/mol. The Morgan fingerprint density at radius 2 is 1.85 bits per heavy atom. The molecule has 1 aromatic heterocycles. The van der Waals surface area contributed by atoms with Gasteiger partial charge in [0.15, 0.2) is 0 Å². The number of aliphatic imine (C=N–C) groups is 1. The van der Waals surface area contributed by atoms with Gasteiger partial charge in [-0.2, -0.15) is 4.41 Å². The van der Waals surface area contributed by atoms with Crippen molar-refractivity contribution in [2.45, 2.75) is 93.7 Å². The average Bonchev–Trinajstić information content (AvgIpc) is 3.59. The third-order valence-electron chi connectivity index (χ3n) is 8.59. The molecule has 1 aliphatic heterocycles. The molecule has 0 radical (unpaired) electrons. The van der Waals surface area contributed by atoms with E-state index in [0.717, 1.165) is 63.5 Å². The van der Waals surface area contributed by atoms with Crippen molar-refractivity contribution in [1.29, 1.82) is 0 Å². The van der Waals surface area contributed by atoms with Gasteiger partial charge >= 0.3 is 5.97 Å². The molecule has 0 saturated carbocycles. The minimum absolute atomic E-state index is 0.529. The van der Waals surface area contributed by atoms with Gasteiger partial charge in [0.2, 0.25) is 0 Å². The van der Waals surface area contributed by atoms with Crippen LogP contribution in [0.2, 0.25) is 0 Å². The monoisotopic (exact) mass is 686 g/mol. The second-order valence-electron chi connectivity index (χ2n) is 12.4. The smallest absolute Gasteiger partial charge is 0.309 e. The number of piperazine rings is 1. The van der Waals surface area contributed by atoms with E-state index in [0.29, 0.717) is 19.0 Å². The SMILES string of the molecule is C=NC/C(C(=C)CCC)=C(/CN1CCN(N(CC)SC)C(CC)C1)NCc1nccs1.CCC(C)(C)C(=O)O.Cc1ccccc1C. The van der Waals surface area contributed by atoms with Crippen molar-refractivity contribution in [3.05, 3.63) is 75.4 Å². The van der Waals surface area contributed by atoms with Gasteiger partial charge in [-0.3, -0.25) is 14.7 Å². The van der Waals surface area contributed by atoms with Crippen molar-refractivity contribution in [2.24, 2.45) is 10.4 Å². The quantitative estimate of drug-likeness (QED) is 0.104. The number of hydrazine groups is 1. The summed E-state index contributed by atoms with van der Waals surface area (Å²) in [6.45, 7) is 30.8. The first-order valence-corrected chi connectivity index (χ1v) is 19.0. The van der Waals surface area contributed by atoms with E-state index < -0.39 is 11.4 Å². The molecular formula is C37H62N6O2S2. The predicted octanol–water partition coefficient (Wildman–Crippen LogP) is 8.27. The van der Waals surface area contributed by atoms with Crippen LogP contribution in [-0.2, 0) is 11.3 Å². The molecule has 10 heteroatoms. The number of aryl methyl sites for hydroxylation is 2. The zero-order valence-electron chi connectivity index (χ0n) is 30.6. The third kappa shape index (κ3) is 15.1. The Hall–Kier alpha value is -2.50. The van der Waals surface area contributed by atoms with E-state index in [9.17, 15) is 4.79 Å². The predicted molar refractivity (Wildman–Crippen MR) is 205 cm³/mol. The number of thiazole rings is 1. The van der Waals surface area contributed by atoms with E-state index in [4.69, 9.17) is 5.11 Å². The summed E-state index contributed by atoms with van der Waals surface area (Å²) in [5.41, 5.74) is 5.80. The van der Waals surface area contributed by atoms with Crippen LogP contribution in [0.15, 0.2) is 64.3 Å². The van der Waals surface area contributed by atoms with Crippen LogP contribution in [0, 0.1) is 19.3 Å². The number of nitrogens with one attached hydrogen (secondary N) is 1. The zero-order chi connectivity index (χ0) is 35.4. The highest BCUT2D eigenvalue weighted by Crippen LogP contribution is 2.23. The molecule has 2 heterocycles. The number of carboxylic acid groups (broad SMARTS) is 1. The van der Waals surface area contributed by atoms with Crippen molar-refractivity contribution in [3.8, 4) is 0 Å². The average molecular weight is 687 g/mol. The molecule has 1 saturated heterocycles. The molecule has 0 bridgehead atoms. The number of nitrogens with zero attached hydrogens (tertiary/aromatic N) is 5. The van der Waals surface area contributed by atoms with Crippen molar-refractivity contribution in [3.63, 3.8) is 0 Å². The normalized spacial score (nSPS) is 15.9. The molecule has 0 aliphatic carbocycles. The van der Waals surface area contributed by atoms with Gasteiger partial charge in [-0.1, -0.05) is 76.9 Å². The van der Waals surface area contributed by atoms with E-state index in [-0.39, 0.29) is 0 Å². The molecule has 1 aromatic carbocycles. The van der Waals surface area contributed by atoms with Gasteiger partial charge in [-0.25, -0.2) is 9.99 Å². The molecule has 1 unspecified atom stereocenters. The molecule has 0 amide bonds. The van der Waals surface area contributed by atoms with Gasteiger partial charge in [-0.15, -0.1) is 11.3 Å². The molecule has 2 aromatic rings. The van der Waals surface area contributed by atoms with Crippen molar-refractivity contribution >= 4 is 36.0 Å². The molecule has 3 rings (SSSR count). The summed E-state index contributed by atoms with van der Waals surface area (Å²) in [4.78, 5) is 21.5. The minimum atomic E-state index is -0.722. The maximum atomic E-state index is 10.3. The Labute approximate surface area is 294 Å². The standard InChI is InChI=1S/C23H40N6S2.C8H10.C6H12O2/c1-7-10-19(4)21(15-24-5)22(26-16-23-25-11-14-31-23)18-27-12-13-28(20(8-2)17-27)29(9-3)30-6;1-7-5-3-4-6-8(7)2;1-4-6(2,3)5(7)8/h11,14,20,26H,4-5,7-10,12-13,15-18H2,1-3,6H3;3-6H,1-2H3;4H2,1-3H3,(H,7,8)/b22-21+;;. The first kappa shape index (κ1) is 42.5. The van der Waals surface area contributed by atoms with E-state index in [1.54, 1.807) is 25.2 Å². The van der Waals surface area contributed by atoms with Crippen LogP contribution in [0.25, 0.3) is 0 Å². The molecule has 1 aliphatic rings.